The van der Waals surface area contributed by atoms with Gasteiger partial charge in [0.25, 0.3) is 11.8 Å². The van der Waals surface area contributed by atoms with Crippen molar-refractivity contribution in [1.29, 1.82) is 0 Å². The third kappa shape index (κ3) is 8.71. The van der Waals surface area contributed by atoms with Gasteiger partial charge in [-0.2, -0.15) is 0 Å². The molecular weight excluding hydrogens is 480 g/mol. The average Bonchev–Trinajstić information content (AvgIpc) is 2.87. The summed E-state index contributed by atoms with van der Waals surface area (Å²) in [5.41, 5.74) is 10.6. The molecule has 10 heteroatoms. The van der Waals surface area contributed by atoms with Crippen LogP contribution in [0.15, 0.2) is 54.6 Å². The van der Waals surface area contributed by atoms with E-state index in [1.165, 1.54) is 11.0 Å². The third-order valence-corrected chi connectivity index (χ3v) is 6.86. The zero-order valence-corrected chi connectivity index (χ0v) is 20.9. The molecule has 1 saturated heterocycles. The van der Waals surface area contributed by atoms with Crippen molar-refractivity contribution in [3.63, 3.8) is 0 Å². The van der Waals surface area contributed by atoms with Gasteiger partial charge in [-0.15, -0.1) is 0 Å². The van der Waals surface area contributed by atoms with E-state index in [2.05, 4.69) is 34.2 Å². The van der Waals surface area contributed by atoms with Gasteiger partial charge in [-0.1, -0.05) is 36.1 Å². The Morgan fingerprint density at radius 3 is 2.36 bits per heavy atom. The van der Waals surface area contributed by atoms with Gasteiger partial charge >= 0.3 is 0 Å². The van der Waals surface area contributed by atoms with E-state index in [4.69, 9.17) is 10.9 Å². The van der Waals surface area contributed by atoms with Gasteiger partial charge in [0.05, 0.1) is 0 Å². The lowest BCUT2D eigenvalue weighted by atomic mass is 10.1. The summed E-state index contributed by atoms with van der Waals surface area (Å²) < 4.78 is 11.5. The van der Waals surface area contributed by atoms with Crippen molar-refractivity contribution in [2.45, 2.75) is 25.6 Å². The number of carbonyl (C=O) groups excluding carboxylic acids is 2. The Morgan fingerprint density at radius 2 is 1.78 bits per heavy atom. The van der Waals surface area contributed by atoms with Crippen LogP contribution in [0.2, 0.25) is 0 Å². The van der Waals surface area contributed by atoms with Gasteiger partial charge in [-0.25, -0.2) is 5.48 Å². The van der Waals surface area contributed by atoms with E-state index in [0.717, 1.165) is 42.3 Å². The predicted molar refractivity (Wildman–Crippen MR) is 140 cm³/mol. The monoisotopic (exact) mass is 512 g/mol. The maximum atomic E-state index is 12.4. The number of hydroxylamine groups is 1. The molecule has 7 N–H and O–H groups in total. The van der Waals surface area contributed by atoms with Gasteiger partial charge in [0, 0.05) is 59.1 Å². The molecule has 2 aromatic carbocycles. The number of nitrogens with zero attached hydrogens (tertiary/aromatic N) is 1. The zero-order valence-electron chi connectivity index (χ0n) is 20.1. The molecule has 192 valence electrons. The molecule has 0 spiro atoms. The predicted octanol–water partition coefficient (Wildman–Crippen LogP) is 0.442. The molecule has 0 bridgehead atoms. The highest BCUT2D eigenvalue weighted by Gasteiger charge is 2.24. The van der Waals surface area contributed by atoms with E-state index in [-0.39, 0.29) is 5.48 Å². The summed E-state index contributed by atoms with van der Waals surface area (Å²) in [6, 6.07) is 13.2. The number of allylic oxidation sites excluding steroid dienone is 1. The van der Waals surface area contributed by atoms with E-state index in [1.807, 2.05) is 18.2 Å². The minimum atomic E-state index is -1.05. The normalized spacial score (nSPS) is 15.8. The van der Waals surface area contributed by atoms with Crippen LogP contribution in [-0.4, -0.2) is 68.3 Å². The Hall–Kier alpha value is -3.33. The maximum absolute atomic E-state index is 12.4. The van der Waals surface area contributed by atoms with Gasteiger partial charge in [0.2, 0.25) is 0 Å². The number of carbonyl (C=O) groups is 2. The van der Waals surface area contributed by atoms with Crippen molar-refractivity contribution in [3.05, 3.63) is 76.9 Å². The standard InChI is InChI=1S/C26H30N4O4S.H2O/c1-19(27)24(26(32)29-33)28-25(31)23-12-10-21(11-13-23)5-3-2-4-20-6-8-22(9-7-20)18-30-14-16-35(34)17-15-30;/h3,5-13,19,24,33H,14-18,27H2,1H3,(H,28,31)(H,29,32);1H2/b5-3+;/t19-,24+;/m1./s1. The molecule has 1 heterocycles. The molecule has 0 unspecified atom stereocenters. The molecule has 1 aliphatic rings. The van der Waals surface area contributed by atoms with Crippen LogP contribution in [0.3, 0.4) is 0 Å². The topological polar surface area (TPSA) is 156 Å². The van der Waals surface area contributed by atoms with Gasteiger partial charge in [0.15, 0.2) is 0 Å². The van der Waals surface area contributed by atoms with Crippen LogP contribution in [0.4, 0.5) is 0 Å². The molecule has 3 rings (SSSR count). The van der Waals surface area contributed by atoms with Crippen molar-refractivity contribution in [3.8, 4) is 11.8 Å². The van der Waals surface area contributed by atoms with Gasteiger partial charge in [-0.05, 0) is 54.5 Å². The number of nitrogens with one attached hydrogen (secondary N) is 2. The molecule has 9 nitrogen and oxygen atoms in total. The fourth-order valence-corrected chi connectivity index (χ4v) is 4.65. The second-order valence-corrected chi connectivity index (χ2v) is 10.0. The largest absolute Gasteiger partial charge is 0.412 e. The molecule has 1 fully saturated rings. The first-order chi connectivity index (χ1) is 16.9. The number of amides is 2. The molecule has 1 aliphatic heterocycles. The van der Waals surface area contributed by atoms with Crippen molar-refractivity contribution in [2.75, 3.05) is 24.6 Å². The minimum Gasteiger partial charge on any atom is -0.412 e. The van der Waals surface area contributed by atoms with E-state index in [0.29, 0.717) is 5.56 Å². The van der Waals surface area contributed by atoms with Crippen molar-refractivity contribution >= 4 is 28.7 Å². The molecular formula is C26H32N4O5S. The van der Waals surface area contributed by atoms with Crippen LogP contribution in [-0.2, 0) is 22.1 Å². The average molecular weight is 513 g/mol. The summed E-state index contributed by atoms with van der Waals surface area (Å²) in [4.78, 5) is 26.3. The van der Waals surface area contributed by atoms with Crippen LogP contribution in [0.5, 0.6) is 0 Å². The Bertz CT molecular complexity index is 1130. The van der Waals surface area contributed by atoms with E-state index >= 15 is 0 Å². The second-order valence-electron chi connectivity index (χ2n) is 8.33. The highest BCUT2D eigenvalue weighted by atomic mass is 32.2. The molecule has 2 amide bonds. The minimum absolute atomic E-state index is 0. The molecule has 0 radical (unpaired) electrons. The number of rotatable bonds is 7. The Labute approximate surface area is 213 Å². The van der Waals surface area contributed by atoms with E-state index in [9.17, 15) is 13.8 Å². The van der Waals surface area contributed by atoms with Crippen molar-refractivity contribution in [1.82, 2.24) is 15.7 Å². The molecule has 2 atom stereocenters. The smallest absolute Gasteiger partial charge is 0.267 e. The molecule has 0 aromatic heterocycles. The number of benzene rings is 2. The van der Waals surface area contributed by atoms with Crippen LogP contribution < -0.4 is 16.5 Å². The fourth-order valence-electron chi connectivity index (χ4n) is 3.52. The number of hydrogen-bond acceptors (Lipinski definition) is 6. The highest BCUT2D eigenvalue weighted by Crippen LogP contribution is 2.10. The van der Waals surface area contributed by atoms with Crippen molar-refractivity contribution < 1.29 is 24.5 Å². The quantitative estimate of drug-likeness (QED) is 0.240. The summed E-state index contributed by atoms with van der Waals surface area (Å²) in [6.45, 7) is 4.17. The summed E-state index contributed by atoms with van der Waals surface area (Å²) in [6.07, 6.45) is 3.59. The van der Waals surface area contributed by atoms with Crippen LogP contribution in [0.1, 0.15) is 34.0 Å². The molecule has 0 aliphatic carbocycles. The Balaban J connectivity index is 0.00000456. The van der Waals surface area contributed by atoms with Crippen LogP contribution >= 0.6 is 0 Å². The highest BCUT2D eigenvalue weighted by molar-refractivity contribution is 7.85. The van der Waals surface area contributed by atoms with Gasteiger partial charge in [0.1, 0.15) is 6.04 Å². The van der Waals surface area contributed by atoms with Crippen LogP contribution in [0, 0.1) is 11.8 Å². The van der Waals surface area contributed by atoms with E-state index in [1.54, 1.807) is 37.3 Å². The summed E-state index contributed by atoms with van der Waals surface area (Å²) >= 11 is 0. The maximum Gasteiger partial charge on any atom is 0.267 e. The molecule has 2 aromatic rings. The number of nitrogens with two attached hydrogens (primary N) is 1. The summed E-state index contributed by atoms with van der Waals surface area (Å²) in [5.74, 6) is 6.38. The molecule has 0 saturated carbocycles. The Kier molecular flexibility index (Phi) is 11.5. The Morgan fingerprint density at radius 1 is 1.14 bits per heavy atom. The summed E-state index contributed by atoms with van der Waals surface area (Å²) in [5, 5.41) is 11.3. The zero-order chi connectivity index (χ0) is 25.2. The first-order valence-electron chi connectivity index (χ1n) is 11.3. The summed E-state index contributed by atoms with van der Waals surface area (Å²) in [7, 11) is -0.660. The SMILES string of the molecule is C[C@@H](N)[C@H](NC(=O)c1ccc(/C=C/C#Cc2ccc(CN3CCS(=O)CC3)cc2)cc1)C(=O)NO.O. The number of hydrogen-bond donors (Lipinski definition) is 4. The first kappa shape index (κ1) is 28.9. The lowest BCUT2D eigenvalue weighted by Crippen LogP contribution is -2.54. The van der Waals surface area contributed by atoms with Gasteiger partial charge < -0.3 is 16.5 Å². The second kappa shape index (κ2) is 14.3. The third-order valence-electron chi connectivity index (χ3n) is 5.58. The van der Waals surface area contributed by atoms with Gasteiger partial charge in [-0.3, -0.25) is 23.9 Å². The lowest BCUT2D eigenvalue weighted by Gasteiger charge is -2.26. The fraction of sp³-hybridized carbons (Fsp3) is 0.308. The lowest BCUT2D eigenvalue weighted by molar-refractivity contribution is -0.131. The van der Waals surface area contributed by atoms with E-state index < -0.39 is 34.7 Å². The molecule has 36 heavy (non-hydrogen) atoms. The van der Waals surface area contributed by atoms with Crippen LogP contribution in [0.25, 0.3) is 6.08 Å². The van der Waals surface area contributed by atoms with Crippen molar-refractivity contribution in [2.24, 2.45) is 5.73 Å². The first-order valence-corrected chi connectivity index (χ1v) is 12.8.